The highest BCUT2D eigenvalue weighted by Gasteiger charge is 2.41. The standard InChI is InChI=1S/C26H27Cl/c1-15(2)11-12-17-16(3)25(4,5)21-14-19-22(13-18(17)21)26(6,7)20-9-8-10-23(27)24(19)20/h8-14H,1H2,2-7H3/b12-11-. The summed E-state index contributed by atoms with van der Waals surface area (Å²) in [5.41, 5.74) is 11.7. The summed E-state index contributed by atoms with van der Waals surface area (Å²) in [7, 11) is 0. The van der Waals surface area contributed by atoms with E-state index in [1.807, 2.05) is 13.0 Å². The van der Waals surface area contributed by atoms with Gasteiger partial charge < -0.3 is 0 Å². The number of fused-ring (bicyclic) bond motifs is 4. The van der Waals surface area contributed by atoms with E-state index in [0.717, 1.165) is 10.6 Å². The molecule has 0 amide bonds. The zero-order valence-corrected chi connectivity index (χ0v) is 17.9. The number of benzene rings is 2. The van der Waals surface area contributed by atoms with Gasteiger partial charge in [0, 0.05) is 21.4 Å². The summed E-state index contributed by atoms with van der Waals surface area (Å²) in [6, 6.07) is 11.1. The largest absolute Gasteiger partial charge is 0.0961 e. The maximum atomic E-state index is 6.66. The van der Waals surface area contributed by atoms with Gasteiger partial charge in [-0.05, 0) is 65.4 Å². The quantitative estimate of drug-likeness (QED) is 0.469. The van der Waals surface area contributed by atoms with E-state index in [4.69, 9.17) is 11.6 Å². The number of hydrogen-bond donors (Lipinski definition) is 0. The number of hydrogen-bond acceptors (Lipinski definition) is 0. The Morgan fingerprint density at radius 3 is 2.26 bits per heavy atom. The Labute approximate surface area is 168 Å². The second-order valence-corrected chi connectivity index (χ2v) is 9.48. The molecule has 0 bridgehead atoms. The van der Waals surface area contributed by atoms with E-state index in [2.05, 4.69) is 77.6 Å². The van der Waals surface area contributed by atoms with E-state index in [1.54, 1.807) is 0 Å². The van der Waals surface area contributed by atoms with Crippen LogP contribution in [0, 0.1) is 0 Å². The van der Waals surface area contributed by atoms with Crippen LogP contribution in [0.5, 0.6) is 0 Å². The second-order valence-electron chi connectivity index (χ2n) is 9.07. The molecule has 0 unspecified atom stereocenters. The molecule has 4 rings (SSSR count). The average Bonchev–Trinajstić information content (AvgIpc) is 2.93. The Morgan fingerprint density at radius 2 is 1.59 bits per heavy atom. The molecule has 27 heavy (non-hydrogen) atoms. The lowest BCUT2D eigenvalue weighted by atomic mass is 9.78. The van der Waals surface area contributed by atoms with Crippen LogP contribution in [-0.2, 0) is 10.8 Å². The SMILES string of the molecule is C=C(C)/C=C\C1=C(C)C(C)(C)c2cc3c(cc21)C(C)(C)c1cccc(Cl)c1-3. The predicted octanol–water partition coefficient (Wildman–Crippen LogP) is 7.84. The summed E-state index contributed by atoms with van der Waals surface area (Å²) in [6.07, 6.45) is 4.35. The van der Waals surface area contributed by atoms with Crippen molar-refractivity contribution in [3.8, 4) is 11.1 Å². The zero-order valence-electron chi connectivity index (χ0n) is 17.1. The highest BCUT2D eigenvalue weighted by molar-refractivity contribution is 6.34. The molecule has 2 aromatic carbocycles. The van der Waals surface area contributed by atoms with Crippen LogP contribution in [0.3, 0.4) is 0 Å². The van der Waals surface area contributed by atoms with Crippen molar-refractivity contribution >= 4 is 17.2 Å². The van der Waals surface area contributed by atoms with Crippen LogP contribution >= 0.6 is 11.6 Å². The fourth-order valence-electron chi connectivity index (χ4n) is 4.71. The van der Waals surface area contributed by atoms with Gasteiger partial charge in [-0.25, -0.2) is 0 Å². The molecule has 0 saturated heterocycles. The van der Waals surface area contributed by atoms with Crippen molar-refractivity contribution in [1.29, 1.82) is 0 Å². The van der Waals surface area contributed by atoms with Crippen molar-refractivity contribution in [1.82, 2.24) is 0 Å². The molecule has 138 valence electrons. The third-order valence-electron chi connectivity index (χ3n) is 6.63. The van der Waals surface area contributed by atoms with Gasteiger partial charge in [0.15, 0.2) is 0 Å². The van der Waals surface area contributed by atoms with Gasteiger partial charge in [0.2, 0.25) is 0 Å². The van der Waals surface area contributed by atoms with Crippen molar-refractivity contribution in [2.45, 2.75) is 52.4 Å². The van der Waals surface area contributed by atoms with E-state index >= 15 is 0 Å². The third-order valence-corrected chi connectivity index (χ3v) is 6.94. The van der Waals surface area contributed by atoms with Gasteiger partial charge in [0.1, 0.15) is 0 Å². The summed E-state index contributed by atoms with van der Waals surface area (Å²) in [5.74, 6) is 0. The molecule has 0 aliphatic heterocycles. The van der Waals surface area contributed by atoms with Crippen LogP contribution in [0.25, 0.3) is 16.7 Å². The molecule has 0 heterocycles. The van der Waals surface area contributed by atoms with Crippen LogP contribution in [-0.4, -0.2) is 0 Å². The molecule has 0 N–H and O–H groups in total. The van der Waals surface area contributed by atoms with E-state index in [9.17, 15) is 0 Å². The summed E-state index contributed by atoms with van der Waals surface area (Å²) in [5, 5.41) is 0.849. The van der Waals surface area contributed by atoms with Crippen LogP contribution in [0.1, 0.15) is 63.8 Å². The van der Waals surface area contributed by atoms with Crippen LogP contribution in [0.4, 0.5) is 0 Å². The first kappa shape index (κ1) is 18.3. The van der Waals surface area contributed by atoms with Gasteiger partial charge in [-0.3, -0.25) is 0 Å². The molecule has 0 radical (unpaired) electrons. The van der Waals surface area contributed by atoms with Crippen molar-refractivity contribution in [2.75, 3.05) is 0 Å². The molecular formula is C26H27Cl. The number of allylic oxidation sites excluding steroid dienone is 5. The smallest absolute Gasteiger partial charge is 0.0487 e. The highest BCUT2D eigenvalue weighted by atomic mass is 35.5. The van der Waals surface area contributed by atoms with E-state index < -0.39 is 0 Å². The molecule has 0 aromatic heterocycles. The maximum Gasteiger partial charge on any atom is 0.0487 e. The maximum absolute atomic E-state index is 6.66. The molecule has 2 aliphatic rings. The fourth-order valence-corrected chi connectivity index (χ4v) is 4.98. The molecular weight excluding hydrogens is 348 g/mol. The Kier molecular flexibility index (Phi) is 3.88. The van der Waals surface area contributed by atoms with Crippen LogP contribution in [0.2, 0.25) is 5.02 Å². The lowest BCUT2D eigenvalue weighted by Gasteiger charge is -2.25. The van der Waals surface area contributed by atoms with Crippen LogP contribution in [0.15, 0.2) is 60.2 Å². The molecule has 0 atom stereocenters. The zero-order chi connectivity index (χ0) is 19.7. The van der Waals surface area contributed by atoms with E-state index in [-0.39, 0.29) is 10.8 Å². The molecule has 0 spiro atoms. The Morgan fingerprint density at radius 1 is 0.963 bits per heavy atom. The first-order valence-electron chi connectivity index (χ1n) is 9.60. The van der Waals surface area contributed by atoms with Gasteiger partial charge in [-0.2, -0.15) is 0 Å². The topological polar surface area (TPSA) is 0 Å². The summed E-state index contributed by atoms with van der Waals surface area (Å²) in [6.45, 7) is 17.6. The molecule has 2 aromatic rings. The minimum absolute atomic E-state index is 0.00721. The van der Waals surface area contributed by atoms with Gasteiger partial charge in [-0.15, -0.1) is 0 Å². The van der Waals surface area contributed by atoms with Gasteiger partial charge in [0.05, 0.1) is 0 Å². The first-order valence-corrected chi connectivity index (χ1v) is 9.98. The highest BCUT2D eigenvalue weighted by Crippen LogP contribution is 2.56. The normalized spacial score (nSPS) is 18.6. The molecule has 0 fully saturated rings. The molecule has 0 nitrogen and oxygen atoms in total. The monoisotopic (exact) mass is 374 g/mol. The Bertz CT molecular complexity index is 1060. The summed E-state index contributed by atoms with van der Waals surface area (Å²) in [4.78, 5) is 0. The van der Waals surface area contributed by atoms with Gasteiger partial charge in [-0.1, -0.05) is 81.3 Å². The van der Waals surface area contributed by atoms with Crippen molar-refractivity contribution in [3.63, 3.8) is 0 Å². The summed E-state index contributed by atoms with van der Waals surface area (Å²) >= 11 is 6.66. The summed E-state index contributed by atoms with van der Waals surface area (Å²) < 4.78 is 0. The minimum Gasteiger partial charge on any atom is -0.0961 e. The fraction of sp³-hybridized carbons (Fsp3) is 0.308. The average molecular weight is 375 g/mol. The Balaban J connectivity index is 2.02. The molecule has 1 heteroatoms. The van der Waals surface area contributed by atoms with Crippen molar-refractivity contribution < 1.29 is 0 Å². The third kappa shape index (κ3) is 2.43. The number of rotatable bonds is 2. The molecule has 2 aliphatic carbocycles. The first-order chi connectivity index (χ1) is 12.6. The van der Waals surface area contributed by atoms with Gasteiger partial charge in [0.25, 0.3) is 0 Å². The van der Waals surface area contributed by atoms with Crippen LogP contribution < -0.4 is 0 Å². The predicted molar refractivity (Wildman–Crippen MR) is 119 cm³/mol. The lowest BCUT2D eigenvalue weighted by Crippen LogP contribution is -2.17. The van der Waals surface area contributed by atoms with E-state index in [0.29, 0.717) is 0 Å². The molecule has 0 saturated carbocycles. The lowest BCUT2D eigenvalue weighted by molar-refractivity contribution is 0.635. The minimum atomic E-state index is -0.0472. The second kappa shape index (κ2) is 5.72. The van der Waals surface area contributed by atoms with Gasteiger partial charge >= 0.3 is 0 Å². The number of halogens is 1. The van der Waals surface area contributed by atoms with E-state index in [1.165, 1.54) is 44.5 Å². The van der Waals surface area contributed by atoms with Crippen molar-refractivity contribution in [2.24, 2.45) is 0 Å². The Hall–Kier alpha value is -2.05. The van der Waals surface area contributed by atoms with Crippen molar-refractivity contribution in [3.05, 3.63) is 87.5 Å².